The van der Waals surface area contributed by atoms with E-state index in [4.69, 9.17) is 5.11 Å². The average molecular weight is 135 g/mol. The summed E-state index contributed by atoms with van der Waals surface area (Å²) in [6.45, 7) is 0.611. The van der Waals surface area contributed by atoms with Crippen LogP contribution in [0.2, 0.25) is 0 Å². The van der Waals surface area contributed by atoms with Crippen molar-refractivity contribution in [2.24, 2.45) is 0 Å². The normalized spacial score (nSPS) is 13.1. The van der Waals surface area contributed by atoms with Gasteiger partial charge in [-0.2, -0.15) is 0 Å². The first-order valence-corrected chi connectivity index (χ1v) is 2.29. The SMILES string of the molecule is CC(O)OOCC(=O)[O-]. The molecule has 0 rings (SSSR count). The van der Waals surface area contributed by atoms with Gasteiger partial charge in [-0.25, -0.2) is 9.78 Å². The molecule has 0 aromatic heterocycles. The highest BCUT2D eigenvalue weighted by Gasteiger charge is 1.93. The summed E-state index contributed by atoms with van der Waals surface area (Å²) in [4.78, 5) is 17.5. The van der Waals surface area contributed by atoms with Crippen LogP contribution in [-0.2, 0) is 14.6 Å². The van der Waals surface area contributed by atoms with Crippen LogP contribution in [0.1, 0.15) is 6.92 Å². The lowest BCUT2D eigenvalue weighted by Gasteiger charge is -2.05. The molecule has 54 valence electrons. The Morgan fingerprint density at radius 1 is 1.89 bits per heavy atom. The van der Waals surface area contributed by atoms with Crippen LogP contribution in [0.4, 0.5) is 0 Å². The van der Waals surface area contributed by atoms with Crippen LogP contribution < -0.4 is 5.11 Å². The maximum atomic E-state index is 9.58. The molecule has 0 fully saturated rings. The molecule has 0 aromatic carbocycles. The van der Waals surface area contributed by atoms with Gasteiger partial charge in [-0.1, -0.05) is 0 Å². The summed E-state index contributed by atoms with van der Waals surface area (Å²) in [5.41, 5.74) is 0. The molecule has 0 spiro atoms. The van der Waals surface area contributed by atoms with Crippen molar-refractivity contribution in [2.45, 2.75) is 13.2 Å². The molecule has 0 aliphatic carbocycles. The van der Waals surface area contributed by atoms with E-state index in [0.29, 0.717) is 0 Å². The molecule has 0 aromatic rings. The third-order valence-corrected chi connectivity index (χ3v) is 0.384. The highest BCUT2D eigenvalue weighted by Crippen LogP contribution is 1.83. The van der Waals surface area contributed by atoms with Gasteiger partial charge in [0.25, 0.3) is 0 Å². The van der Waals surface area contributed by atoms with Crippen molar-refractivity contribution in [1.29, 1.82) is 0 Å². The molecule has 1 unspecified atom stereocenters. The van der Waals surface area contributed by atoms with Crippen molar-refractivity contribution >= 4 is 5.97 Å². The fraction of sp³-hybridized carbons (Fsp3) is 0.750. The van der Waals surface area contributed by atoms with Crippen molar-refractivity contribution < 1.29 is 24.8 Å². The Balaban J connectivity index is 3.01. The predicted molar refractivity (Wildman–Crippen MR) is 23.7 cm³/mol. The number of carbonyl (C=O) groups excluding carboxylic acids is 1. The lowest BCUT2D eigenvalue weighted by atomic mass is 10.8. The Hall–Kier alpha value is -0.650. The lowest BCUT2D eigenvalue weighted by Crippen LogP contribution is -2.28. The van der Waals surface area contributed by atoms with Crippen molar-refractivity contribution in [1.82, 2.24) is 0 Å². The van der Waals surface area contributed by atoms with Crippen LogP contribution in [-0.4, -0.2) is 24.0 Å². The maximum absolute atomic E-state index is 9.58. The second-order valence-electron chi connectivity index (χ2n) is 1.33. The minimum Gasteiger partial charge on any atom is -0.547 e. The summed E-state index contributed by atoms with van der Waals surface area (Å²) in [6, 6.07) is 0. The van der Waals surface area contributed by atoms with Crippen molar-refractivity contribution in [3.8, 4) is 0 Å². The number of carboxylic acids is 1. The molecule has 0 radical (unpaired) electrons. The van der Waals surface area contributed by atoms with Crippen molar-refractivity contribution in [3.05, 3.63) is 0 Å². The van der Waals surface area contributed by atoms with E-state index >= 15 is 0 Å². The molecule has 1 atom stereocenters. The quantitative estimate of drug-likeness (QED) is 0.274. The summed E-state index contributed by atoms with van der Waals surface area (Å²) >= 11 is 0. The summed E-state index contributed by atoms with van der Waals surface area (Å²) in [7, 11) is 0. The number of rotatable bonds is 4. The Kier molecular flexibility index (Phi) is 3.94. The van der Waals surface area contributed by atoms with Gasteiger partial charge in [0.05, 0.1) is 5.97 Å². The van der Waals surface area contributed by atoms with Crippen LogP contribution in [0.5, 0.6) is 0 Å². The van der Waals surface area contributed by atoms with E-state index in [1.54, 1.807) is 0 Å². The lowest BCUT2D eigenvalue weighted by molar-refractivity contribution is -0.379. The summed E-state index contributed by atoms with van der Waals surface area (Å²) in [6.07, 6.45) is -1.12. The fourth-order valence-electron chi connectivity index (χ4n) is 0.181. The molecule has 0 bridgehead atoms. The van der Waals surface area contributed by atoms with Gasteiger partial charge in [0, 0.05) is 0 Å². The van der Waals surface area contributed by atoms with Gasteiger partial charge < -0.3 is 15.0 Å². The summed E-state index contributed by atoms with van der Waals surface area (Å²) in [5, 5.41) is 17.9. The number of aliphatic hydroxyl groups is 1. The average Bonchev–Trinajstić information content (AvgIpc) is 1.63. The van der Waals surface area contributed by atoms with Gasteiger partial charge >= 0.3 is 0 Å². The molecule has 1 N–H and O–H groups in total. The number of hydrogen-bond donors (Lipinski definition) is 1. The van der Waals surface area contributed by atoms with Gasteiger partial charge in [0.15, 0.2) is 6.29 Å². The van der Waals surface area contributed by atoms with Crippen molar-refractivity contribution in [2.75, 3.05) is 6.61 Å². The molecule has 0 aliphatic rings. The van der Waals surface area contributed by atoms with Gasteiger partial charge in [-0.3, -0.25) is 0 Å². The number of hydrogen-bond acceptors (Lipinski definition) is 5. The van der Waals surface area contributed by atoms with E-state index in [-0.39, 0.29) is 0 Å². The van der Waals surface area contributed by atoms with Crippen LogP contribution in [0, 0.1) is 0 Å². The van der Waals surface area contributed by atoms with E-state index in [0.717, 1.165) is 0 Å². The zero-order valence-electron chi connectivity index (χ0n) is 4.86. The smallest absolute Gasteiger partial charge is 0.185 e. The molecular weight excluding hydrogens is 128 g/mol. The largest absolute Gasteiger partial charge is 0.547 e. The first kappa shape index (κ1) is 8.35. The highest BCUT2D eigenvalue weighted by molar-refractivity contribution is 5.65. The third-order valence-electron chi connectivity index (χ3n) is 0.384. The van der Waals surface area contributed by atoms with Gasteiger partial charge in [0.1, 0.15) is 6.61 Å². The monoisotopic (exact) mass is 135 g/mol. The topological polar surface area (TPSA) is 78.8 Å². The molecule has 0 aliphatic heterocycles. The van der Waals surface area contributed by atoms with Gasteiger partial charge in [-0.15, -0.1) is 0 Å². The summed E-state index contributed by atoms with van der Waals surface area (Å²) < 4.78 is 0. The van der Waals surface area contributed by atoms with Crippen LogP contribution in [0.3, 0.4) is 0 Å². The Morgan fingerprint density at radius 3 is 2.78 bits per heavy atom. The number of aliphatic hydroxyl groups excluding tert-OH is 1. The zero-order chi connectivity index (χ0) is 7.28. The molecule has 0 saturated heterocycles. The minimum absolute atomic E-state index is 0.676. The molecule has 5 nitrogen and oxygen atoms in total. The number of aliphatic carboxylic acids is 1. The second kappa shape index (κ2) is 4.25. The fourth-order valence-corrected chi connectivity index (χ4v) is 0.181. The number of carboxylic acid groups (broad SMARTS) is 1. The van der Waals surface area contributed by atoms with E-state index in [1.807, 2.05) is 0 Å². The Bertz CT molecular complexity index is 89.0. The Labute approximate surface area is 51.7 Å². The van der Waals surface area contributed by atoms with E-state index in [2.05, 4.69) is 9.78 Å². The highest BCUT2D eigenvalue weighted by atomic mass is 17.2. The molecule has 5 heteroatoms. The summed E-state index contributed by atoms with van der Waals surface area (Å²) in [5.74, 6) is -1.39. The third kappa shape index (κ3) is 7.35. The first-order chi connectivity index (χ1) is 4.13. The van der Waals surface area contributed by atoms with Crippen LogP contribution in [0.25, 0.3) is 0 Å². The molecule has 0 saturated carbocycles. The molecular formula is C4H7O5-. The zero-order valence-corrected chi connectivity index (χ0v) is 4.86. The van der Waals surface area contributed by atoms with Crippen molar-refractivity contribution in [3.63, 3.8) is 0 Å². The van der Waals surface area contributed by atoms with Gasteiger partial charge in [-0.05, 0) is 6.92 Å². The van der Waals surface area contributed by atoms with E-state index in [9.17, 15) is 9.90 Å². The van der Waals surface area contributed by atoms with E-state index in [1.165, 1.54) is 6.92 Å². The standard InChI is InChI=1S/C4H8O5/c1-3(5)9-8-2-4(6)7/h3,5H,2H2,1H3,(H,6,7)/p-1. The minimum atomic E-state index is -1.39. The molecule has 9 heavy (non-hydrogen) atoms. The second-order valence-corrected chi connectivity index (χ2v) is 1.33. The molecule has 0 amide bonds. The number of carbonyl (C=O) groups is 1. The molecule has 0 heterocycles. The Morgan fingerprint density at radius 2 is 2.44 bits per heavy atom. The van der Waals surface area contributed by atoms with Crippen LogP contribution >= 0.6 is 0 Å². The predicted octanol–water partition coefficient (Wildman–Crippen LogP) is -1.98. The first-order valence-electron chi connectivity index (χ1n) is 2.29. The van der Waals surface area contributed by atoms with E-state index < -0.39 is 18.9 Å². The maximum Gasteiger partial charge on any atom is 0.185 e. The van der Waals surface area contributed by atoms with Crippen LogP contribution in [0.15, 0.2) is 0 Å². The van der Waals surface area contributed by atoms with Gasteiger partial charge in [0.2, 0.25) is 0 Å².